The molecule has 0 spiro atoms. The predicted octanol–water partition coefficient (Wildman–Crippen LogP) is 1.81. The minimum Gasteiger partial charge on any atom is -0.330 e. The molecule has 24 heavy (non-hydrogen) atoms. The average Bonchev–Trinajstić information content (AvgIpc) is 2.97. The van der Waals surface area contributed by atoms with E-state index in [0.717, 1.165) is 36.9 Å². The molecule has 0 saturated heterocycles. The number of hydrogen-bond donors (Lipinski definition) is 2. The number of unbranched alkanes of at least 4 members (excludes halogenated alkanes) is 3. The predicted molar refractivity (Wildman–Crippen MR) is 98.1 cm³/mol. The summed E-state index contributed by atoms with van der Waals surface area (Å²) in [5.41, 5.74) is 7.21. The van der Waals surface area contributed by atoms with Crippen molar-refractivity contribution in [2.24, 2.45) is 5.73 Å². The number of carbonyl (C=O) groups excluding carboxylic acids is 1. The molecule has 1 amide bonds. The number of carbonyl (C=O) groups is 1. The molecular weight excluding hydrogens is 350 g/mol. The van der Waals surface area contributed by atoms with Gasteiger partial charge in [0, 0.05) is 18.7 Å². The van der Waals surface area contributed by atoms with Gasteiger partial charge in [-0.1, -0.05) is 12.8 Å². The summed E-state index contributed by atoms with van der Waals surface area (Å²) in [6.45, 7) is 1.32. The van der Waals surface area contributed by atoms with Gasteiger partial charge in [0.1, 0.15) is 0 Å². The van der Waals surface area contributed by atoms with Crippen molar-refractivity contribution >= 4 is 34.0 Å². The molecule has 2 rings (SSSR count). The van der Waals surface area contributed by atoms with Crippen molar-refractivity contribution in [2.45, 2.75) is 43.4 Å². The molecule has 6 nitrogen and oxygen atoms in total. The Kier molecular flexibility index (Phi) is 8.15. The van der Waals surface area contributed by atoms with E-state index in [4.69, 9.17) is 5.73 Å². The summed E-state index contributed by atoms with van der Waals surface area (Å²) < 4.78 is 26.0. The van der Waals surface area contributed by atoms with Gasteiger partial charge >= 0.3 is 0 Å². The molecule has 1 aliphatic rings. The minimum atomic E-state index is -3.44. The molecule has 3 N–H and O–H groups in total. The number of sulfonamides is 1. The largest absolute Gasteiger partial charge is 0.330 e. The summed E-state index contributed by atoms with van der Waals surface area (Å²) in [6.07, 6.45) is 5.18. The maximum Gasteiger partial charge on any atom is 0.240 e. The van der Waals surface area contributed by atoms with Crippen LogP contribution in [0.5, 0.6) is 0 Å². The number of nitrogens with two attached hydrogens (primary N) is 1. The van der Waals surface area contributed by atoms with Crippen LogP contribution in [0, 0.1) is 0 Å². The van der Waals surface area contributed by atoms with Crippen LogP contribution >= 0.6 is 12.4 Å². The number of nitrogens with zero attached hydrogens (tertiary/aromatic N) is 1. The molecule has 0 saturated carbocycles. The van der Waals surface area contributed by atoms with Gasteiger partial charge in [-0.2, -0.15) is 0 Å². The first kappa shape index (κ1) is 20.9. The average molecular weight is 376 g/mol. The van der Waals surface area contributed by atoms with Crippen LogP contribution in [0.3, 0.4) is 0 Å². The van der Waals surface area contributed by atoms with E-state index in [2.05, 4.69) is 4.72 Å². The van der Waals surface area contributed by atoms with E-state index in [-0.39, 0.29) is 23.2 Å². The fourth-order valence-corrected chi connectivity index (χ4v) is 3.61. The number of nitrogens with one attached hydrogen (secondary N) is 1. The standard InChI is InChI=1S/C16H25N3O3S.ClH/c1-18-23(21,22)14-7-8-15-13(12-14)9-11-19(15)16(20)6-4-2-3-5-10-17;/h7-8,12,18H,2-6,9-11,17H2,1H3;1H. The Labute approximate surface area is 150 Å². The molecule has 0 aliphatic carbocycles. The molecule has 0 aromatic heterocycles. The molecule has 0 unspecified atom stereocenters. The molecule has 1 aliphatic heterocycles. The Morgan fingerprint density at radius 1 is 1.25 bits per heavy atom. The van der Waals surface area contributed by atoms with E-state index in [1.165, 1.54) is 7.05 Å². The van der Waals surface area contributed by atoms with E-state index in [1.54, 1.807) is 23.1 Å². The van der Waals surface area contributed by atoms with E-state index in [1.807, 2.05) is 0 Å². The lowest BCUT2D eigenvalue weighted by molar-refractivity contribution is -0.118. The molecule has 0 bridgehead atoms. The van der Waals surface area contributed by atoms with Crippen molar-refractivity contribution in [3.8, 4) is 0 Å². The lowest BCUT2D eigenvalue weighted by atomic mass is 10.1. The number of benzene rings is 1. The highest BCUT2D eigenvalue weighted by atomic mass is 35.5. The molecule has 0 radical (unpaired) electrons. The fourth-order valence-electron chi connectivity index (χ4n) is 2.83. The van der Waals surface area contributed by atoms with Crippen LogP contribution in [0.15, 0.2) is 23.1 Å². The van der Waals surface area contributed by atoms with Crippen molar-refractivity contribution < 1.29 is 13.2 Å². The highest BCUT2D eigenvalue weighted by molar-refractivity contribution is 7.89. The normalized spacial score (nSPS) is 13.5. The summed E-state index contributed by atoms with van der Waals surface area (Å²) in [7, 11) is -2.05. The van der Waals surface area contributed by atoms with Crippen molar-refractivity contribution in [3.05, 3.63) is 23.8 Å². The quantitative estimate of drug-likeness (QED) is 0.678. The molecule has 0 fully saturated rings. The van der Waals surface area contributed by atoms with Gasteiger partial charge in [-0.3, -0.25) is 4.79 Å². The summed E-state index contributed by atoms with van der Waals surface area (Å²) in [5.74, 6) is 0.112. The first-order valence-corrected chi connectivity index (χ1v) is 9.55. The molecule has 0 atom stereocenters. The van der Waals surface area contributed by atoms with Crippen LogP contribution in [0.1, 0.15) is 37.7 Å². The molecule has 136 valence electrons. The van der Waals surface area contributed by atoms with E-state index in [9.17, 15) is 13.2 Å². The number of amides is 1. The smallest absolute Gasteiger partial charge is 0.240 e. The van der Waals surface area contributed by atoms with E-state index >= 15 is 0 Å². The SMILES string of the molecule is CNS(=O)(=O)c1ccc2c(c1)CCN2C(=O)CCCCCCN.Cl. The van der Waals surface area contributed by atoms with Gasteiger partial charge in [0.15, 0.2) is 0 Å². The summed E-state index contributed by atoms with van der Waals surface area (Å²) in [4.78, 5) is 14.4. The van der Waals surface area contributed by atoms with Crippen LogP contribution in [-0.2, 0) is 21.2 Å². The van der Waals surface area contributed by atoms with Crippen LogP contribution in [-0.4, -0.2) is 34.5 Å². The van der Waals surface area contributed by atoms with Crippen molar-refractivity contribution in [3.63, 3.8) is 0 Å². The molecular formula is C16H26ClN3O3S. The fraction of sp³-hybridized carbons (Fsp3) is 0.562. The first-order valence-electron chi connectivity index (χ1n) is 8.06. The number of halogens is 1. The number of fused-ring (bicyclic) bond motifs is 1. The third-order valence-electron chi connectivity index (χ3n) is 4.17. The monoisotopic (exact) mass is 375 g/mol. The Hall–Kier alpha value is -1.15. The Morgan fingerprint density at radius 3 is 2.62 bits per heavy atom. The van der Waals surface area contributed by atoms with Gasteiger partial charge in [0.05, 0.1) is 4.90 Å². The number of rotatable bonds is 8. The van der Waals surface area contributed by atoms with Crippen molar-refractivity contribution in [2.75, 3.05) is 25.0 Å². The van der Waals surface area contributed by atoms with Gasteiger partial charge in [0.25, 0.3) is 0 Å². The Bertz CT molecular complexity index is 665. The second-order valence-corrected chi connectivity index (χ2v) is 7.63. The maximum atomic E-state index is 12.3. The number of anilines is 1. The zero-order chi connectivity index (χ0) is 16.9. The second-order valence-electron chi connectivity index (χ2n) is 5.75. The lowest BCUT2D eigenvalue weighted by Crippen LogP contribution is -2.28. The van der Waals surface area contributed by atoms with Gasteiger partial charge < -0.3 is 10.6 Å². The highest BCUT2D eigenvalue weighted by Gasteiger charge is 2.25. The van der Waals surface area contributed by atoms with Crippen LogP contribution in [0.4, 0.5) is 5.69 Å². The lowest BCUT2D eigenvalue weighted by Gasteiger charge is -2.17. The maximum absolute atomic E-state index is 12.3. The third kappa shape index (κ3) is 4.92. The van der Waals surface area contributed by atoms with E-state index < -0.39 is 10.0 Å². The second kappa shape index (κ2) is 9.36. The minimum absolute atomic E-state index is 0. The first-order chi connectivity index (χ1) is 11.0. The van der Waals surface area contributed by atoms with Crippen LogP contribution < -0.4 is 15.4 Å². The molecule has 1 heterocycles. The molecule has 1 aromatic carbocycles. The van der Waals surface area contributed by atoms with Crippen LogP contribution in [0.2, 0.25) is 0 Å². The van der Waals surface area contributed by atoms with Gasteiger partial charge in [0.2, 0.25) is 15.9 Å². The molecule has 1 aromatic rings. The van der Waals surface area contributed by atoms with Gasteiger partial charge in [-0.05, 0) is 56.6 Å². The summed E-state index contributed by atoms with van der Waals surface area (Å²) in [5, 5.41) is 0. The Balaban J connectivity index is 0.00000288. The van der Waals surface area contributed by atoms with Gasteiger partial charge in [-0.15, -0.1) is 12.4 Å². The van der Waals surface area contributed by atoms with Crippen molar-refractivity contribution in [1.29, 1.82) is 0 Å². The van der Waals surface area contributed by atoms with E-state index in [0.29, 0.717) is 25.9 Å². The zero-order valence-electron chi connectivity index (χ0n) is 14.0. The molecule has 8 heteroatoms. The zero-order valence-corrected chi connectivity index (χ0v) is 15.6. The van der Waals surface area contributed by atoms with Gasteiger partial charge in [-0.25, -0.2) is 13.1 Å². The highest BCUT2D eigenvalue weighted by Crippen LogP contribution is 2.30. The summed E-state index contributed by atoms with van der Waals surface area (Å²) >= 11 is 0. The number of hydrogen-bond acceptors (Lipinski definition) is 4. The third-order valence-corrected chi connectivity index (χ3v) is 5.58. The van der Waals surface area contributed by atoms with Crippen LogP contribution in [0.25, 0.3) is 0 Å². The Morgan fingerprint density at radius 2 is 1.96 bits per heavy atom. The summed E-state index contributed by atoms with van der Waals surface area (Å²) in [6, 6.07) is 4.95. The van der Waals surface area contributed by atoms with Crippen molar-refractivity contribution in [1.82, 2.24) is 4.72 Å². The topological polar surface area (TPSA) is 92.5 Å².